The van der Waals surface area contributed by atoms with Crippen molar-refractivity contribution in [3.8, 4) is 0 Å². The van der Waals surface area contributed by atoms with Crippen molar-refractivity contribution in [2.45, 2.75) is 20.0 Å². The van der Waals surface area contributed by atoms with Crippen LogP contribution in [0.15, 0.2) is 0 Å². The minimum absolute atomic E-state index is 0.177. The third-order valence-electron chi connectivity index (χ3n) is 1.78. The molecule has 1 aromatic heterocycles. The van der Waals surface area contributed by atoms with Crippen molar-refractivity contribution in [3.05, 3.63) is 10.7 Å². The van der Waals surface area contributed by atoms with E-state index in [2.05, 4.69) is 16.0 Å². The van der Waals surface area contributed by atoms with Gasteiger partial charge in [-0.3, -0.25) is 0 Å². The van der Waals surface area contributed by atoms with Crippen molar-refractivity contribution in [1.29, 1.82) is 0 Å². The molecule has 0 aromatic carbocycles. The van der Waals surface area contributed by atoms with E-state index in [0.29, 0.717) is 5.02 Å². The predicted molar refractivity (Wildman–Crippen MR) is 43.4 cm³/mol. The average Bonchev–Trinajstić information content (AvgIpc) is 2.43. The van der Waals surface area contributed by atoms with Crippen LogP contribution >= 0.6 is 11.6 Å². The molecule has 0 radical (unpaired) electrons. The molecule has 4 nitrogen and oxygen atoms in total. The van der Waals surface area contributed by atoms with Gasteiger partial charge in [-0.2, -0.15) is 5.10 Å². The highest BCUT2D eigenvalue weighted by molar-refractivity contribution is 6.33. The Morgan fingerprint density at radius 2 is 2.36 bits per heavy atom. The van der Waals surface area contributed by atoms with E-state index in [1.54, 1.807) is 0 Å². The number of anilines is 1. The first-order valence-electron chi connectivity index (χ1n) is 3.46. The lowest BCUT2D eigenvalue weighted by Gasteiger charge is -2.01. The summed E-state index contributed by atoms with van der Waals surface area (Å²) < 4.78 is 1.83. The zero-order valence-electron chi connectivity index (χ0n) is 6.35. The highest BCUT2D eigenvalue weighted by Gasteiger charge is 2.22. The van der Waals surface area contributed by atoms with Crippen LogP contribution in [0.3, 0.4) is 0 Å². The molecule has 1 atom stereocenters. The molecular formula is C6H9ClN4. The first-order valence-corrected chi connectivity index (χ1v) is 3.84. The number of hydrogen-bond donors (Lipinski definition) is 2. The lowest BCUT2D eigenvalue weighted by Crippen LogP contribution is -2.19. The van der Waals surface area contributed by atoms with Gasteiger partial charge in [-0.15, -0.1) is 0 Å². The van der Waals surface area contributed by atoms with Crippen LogP contribution in [0.4, 0.5) is 5.82 Å². The summed E-state index contributed by atoms with van der Waals surface area (Å²) in [5.74, 6) is 0.858. The van der Waals surface area contributed by atoms with Crippen LogP contribution in [0.1, 0.15) is 18.8 Å². The van der Waals surface area contributed by atoms with Gasteiger partial charge in [0.05, 0.1) is 5.69 Å². The van der Waals surface area contributed by atoms with E-state index in [1.807, 2.05) is 18.5 Å². The monoisotopic (exact) mass is 172 g/mol. The van der Waals surface area contributed by atoms with Crippen molar-refractivity contribution >= 4 is 17.4 Å². The SMILES string of the molecule is Cc1nn2c(c1Cl)NNC2C. The van der Waals surface area contributed by atoms with Gasteiger partial charge in [0.1, 0.15) is 11.2 Å². The number of hydrogen-bond acceptors (Lipinski definition) is 3. The van der Waals surface area contributed by atoms with E-state index < -0.39 is 0 Å². The van der Waals surface area contributed by atoms with Gasteiger partial charge in [0.2, 0.25) is 0 Å². The molecule has 1 unspecified atom stereocenters. The van der Waals surface area contributed by atoms with Gasteiger partial charge >= 0.3 is 0 Å². The van der Waals surface area contributed by atoms with Crippen molar-refractivity contribution in [2.24, 2.45) is 0 Å². The summed E-state index contributed by atoms with van der Waals surface area (Å²) >= 11 is 5.93. The molecule has 0 aliphatic carbocycles. The van der Waals surface area contributed by atoms with Gasteiger partial charge in [-0.1, -0.05) is 11.6 Å². The van der Waals surface area contributed by atoms with Gasteiger partial charge in [0, 0.05) is 0 Å². The van der Waals surface area contributed by atoms with Crippen molar-refractivity contribution in [3.63, 3.8) is 0 Å². The van der Waals surface area contributed by atoms with Gasteiger partial charge < -0.3 is 5.43 Å². The second-order valence-electron chi connectivity index (χ2n) is 2.64. The Balaban J connectivity index is 2.57. The van der Waals surface area contributed by atoms with E-state index >= 15 is 0 Å². The van der Waals surface area contributed by atoms with Gasteiger partial charge in [-0.25, -0.2) is 10.1 Å². The lowest BCUT2D eigenvalue weighted by atomic mass is 10.5. The zero-order valence-corrected chi connectivity index (χ0v) is 7.11. The molecule has 1 aliphatic rings. The summed E-state index contributed by atoms with van der Waals surface area (Å²) in [7, 11) is 0. The molecule has 0 saturated heterocycles. The largest absolute Gasteiger partial charge is 0.303 e. The van der Waals surface area contributed by atoms with E-state index in [0.717, 1.165) is 11.5 Å². The smallest absolute Gasteiger partial charge is 0.159 e. The Bertz CT molecular complexity index is 293. The molecule has 1 aliphatic heterocycles. The minimum atomic E-state index is 0.177. The number of hydrazine groups is 1. The number of halogens is 1. The Hall–Kier alpha value is -0.740. The number of rotatable bonds is 0. The third-order valence-corrected chi connectivity index (χ3v) is 2.23. The molecule has 1 aromatic rings. The molecular weight excluding hydrogens is 164 g/mol. The maximum Gasteiger partial charge on any atom is 0.159 e. The van der Waals surface area contributed by atoms with E-state index in [9.17, 15) is 0 Å². The fourth-order valence-corrected chi connectivity index (χ4v) is 1.33. The number of nitrogens with one attached hydrogen (secondary N) is 2. The fraction of sp³-hybridized carbons (Fsp3) is 0.500. The Kier molecular flexibility index (Phi) is 1.34. The molecule has 2 N–H and O–H groups in total. The highest BCUT2D eigenvalue weighted by Crippen LogP contribution is 2.29. The lowest BCUT2D eigenvalue weighted by molar-refractivity contribution is 0.481. The van der Waals surface area contributed by atoms with Crippen LogP contribution in [-0.4, -0.2) is 9.78 Å². The molecule has 2 rings (SSSR count). The second-order valence-corrected chi connectivity index (χ2v) is 3.02. The topological polar surface area (TPSA) is 41.9 Å². The molecule has 2 heterocycles. The second kappa shape index (κ2) is 2.12. The van der Waals surface area contributed by atoms with E-state index in [1.165, 1.54) is 0 Å². The summed E-state index contributed by atoms with van der Waals surface area (Å²) in [4.78, 5) is 0. The number of aromatic nitrogens is 2. The van der Waals surface area contributed by atoms with Gasteiger partial charge in [0.15, 0.2) is 5.82 Å². The summed E-state index contributed by atoms with van der Waals surface area (Å²) in [5.41, 5.74) is 6.82. The van der Waals surface area contributed by atoms with Crippen molar-refractivity contribution in [1.82, 2.24) is 15.2 Å². The van der Waals surface area contributed by atoms with Crippen LogP contribution < -0.4 is 10.9 Å². The van der Waals surface area contributed by atoms with Gasteiger partial charge in [0.25, 0.3) is 0 Å². The molecule has 5 heteroatoms. The molecule has 0 fully saturated rings. The first-order chi connectivity index (χ1) is 5.20. The molecule has 60 valence electrons. The number of aryl methyl sites for hydroxylation is 1. The highest BCUT2D eigenvalue weighted by atomic mass is 35.5. The summed E-state index contributed by atoms with van der Waals surface area (Å²) in [6, 6.07) is 0. The predicted octanol–water partition coefficient (Wildman–Crippen LogP) is 1.29. The quantitative estimate of drug-likeness (QED) is 0.620. The van der Waals surface area contributed by atoms with Crippen LogP contribution in [0.25, 0.3) is 0 Å². The summed E-state index contributed by atoms with van der Waals surface area (Å²) in [5, 5.41) is 4.93. The molecule has 0 amide bonds. The maximum absolute atomic E-state index is 5.93. The Morgan fingerprint density at radius 3 is 3.00 bits per heavy atom. The maximum atomic E-state index is 5.93. The number of nitrogens with zero attached hydrogens (tertiary/aromatic N) is 2. The zero-order chi connectivity index (χ0) is 8.01. The summed E-state index contributed by atoms with van der Waals surface area (Å²) in [6.45, 7) is 3.90. The Labute approximate surface area is 69.5 Å². The number of fused-ring (bicyclic) bond motifs is 1. The van der Waals surface area contributed by atoms with Crippen LogP contribution in [-0.2, 0) is 0 Å². The fourth-order valence-electron chi connectivity index (χ4n) is 1.15. The van der Waals surface area contributed by atoms with Crippen LogP contribution in [0.2, 0.25) is 5.02 Å². The molecule has 0 bridgehead atoms. The first kappa shape index (κ1) is 6.94. The van der Waals surface area contributed by atoms with Crippen molar-refractivity contribution in [2.75, 3.05) is 5.43 Å². The van der Waals surface area contributed by atoms with Crippen molar-refractivity contribution < 1.29 is 0 Å². The molecule has 0 saturated carbocycles. The molecule has 11 heavy (non-hydrogen) atoms. The van der Waals surface area contributed by atoms with E-state index in [4.69, 9.17) is 11.6 Å². The normalized spacial score (nSPS) is 21.5. The standard InChI is InChI=1S/C6H9ClN4/c1-3-5(7)6-9-8-4(2)11(6)10-3/h4,8-9H,1-2H3. The molecule has 0 spiro atoms. The Morgan fingerprint density at radius 1 is 1.64 bits per heavy atom. The summed E-state index contributed by atoms with van der Waals surface area (Å²) in [6.07, 6.45) is 0.177. The van der Waals surface area contributed by atoms with Crippen LogP contribution in [0.5, 0.6) is 0 Å². The third kappa shape index (κ3) is 0.829. The average molecular weight is 173 g/mol. The van der Waals surface area contributed by atoms with Crippen LogP contribution in [0, 0.1) is 6.92 Å². The van der Waals surface area contributed by atoms with E-state index in [-0.39, 0.29) is 6.17 Å². The minimum Gasteiger partial charge on any atom is -0.303 e. The van der Waals surface area contributed by atoms with Gasteiger partial charge in [-0.05, 0) is 13.8 Å².